The van der Waals surface area contributed by atoms with E-state index in [4.69, 9.17) is 27.6 Å². The Labute approximate surface area is 182 Å². The first-order chi connectivity index (χ1) is 14.6. The number of carbonyl (C=O) groups excluding carboxylic acids is 1. The summed E-state index contributed by atoms with van der Waals surface area (Å²) in [5.74, 6) is -0.460. The molecule has 0 aliphatic heterocycles. The van der Waals surface area contributed by atoms with Crippen LogP contribution in [0.4, 0.5) is 18.9 Å². The predicted molar refractivity (Wildman–Crippen MR) is 106 cm³/mol. The zero-order valence-electron chi connectivity index (χ0n) is 15.7. The highest BCUT2D eigenvalue weighted by Gasteiger charge is 2.38. The molecule has 1 aromatic carbocycles. The molecule has 0 aliphatic rings. The van der Waals surface area contributed by atoms with Crippen LogP contribution in [-0.2, 0) is 12.6 Å². The van der Waals surface area contributed by atoms with Crippen LogP contribution < -0.4 is 5.32 Å². The van der Waals surface area contributed by atoms with E-state index in [0.29, 0.717) is 0 Å². The number of hydrogen-bond acceptors (Lipinski definition) is 5. The van der Waals surface area contributed by atoms with Crippen LogP contribution in [0, 0.1) is 6.92 Å². The van der Waals surface area contributed by atoms with Crippen LogP contribution in [0.1, 0.15) is 33.5 Å². The smallest absolute Gasteiger partial charge is 0.425 e. The van der Waals surface area contributed by atoms with E-state index in [1.54, 1.807) is 6.07 Å². The van der Waals surface area contributed by atoms with Gasteiger partial charge in [-0.05, 0) is 24.3 Å². The molecule has 3 aromatic heterocycles. The van der Waals surface area contributed by atoms with Gasteiger partial charge < -0.3 is 14.1 Å². The van der Waals surface area contributed by atoms with Gasteiger partial charge in [0.25, 0.3) is 5.91 Å². The minimum absolute atomic E-state index is 0.00193. The fourth-order valence-electron chi connectivity index (χ4n) is 3.06. The lowest BCUT2D eigenvalue weighted by molar-refractivity contribution is -0.141. The summed E-state index contributed by atoms with van der Waals surface area (Å²) in [6, 6.07) is 7.42. The zero-order valence-corrected chi connectivity index (χ0v) is 17.2. The van der Waals surface area contributed by atoms with Crippen molar-refractivity contribution in [3.05, 3.63) is 75.3 Å². The minimum atomic E-state index is -4.75. The topological polar surface area (TPSA) is 85.3 Å². The predicted octanol–water partition coefficient (Wildman–Crippen LogP) is 5.19. The summed E-state index contributed by atoms with van der Waals surface area (Å²) in [5, 5.41) is 10.1. The Balaban J connectivity index is 1.80. The number of rotatable bonds is 4. The quantitative estimate of drug-likeness (QED) is 0.444. The third-order valence-electron chi connectivity index (χ3n) is 4.34. The molecule has 0 spiro atoms. The van der Waals surface area contributed by atoms with Crippen LogP contribution in [-0.4, -0.2) is 25.5 Å². The number of hydrogen-bond donors (Lipinski definition) is 1. The second-order valence-electron chi connectivity index (χ2n) is 6.46. The van der Waals surface area contributed by atoms with E-state index >= 15 is 0 Å². The van der Waals surface area contributed by atoms with E-state index in [1.165, 1.54) is 41.8 Å². The van der Waals surface area contributed by atoms with Crippen molar-refractivity contribution >= 4 is 40.4 Å². The van der Waals surface area contributed by atoms with Crippen molar-refractivity contribution in [3.63, 3.8) is 0 Å². The van der Waals surface area contributed by atoms with Gasteiger partial charge in [-0.25, -0.2) is 4.98 Å². The number of benzene rings is 1. The number of halogens is 5. The molecule has 0 saturated heterocycles. The van der Waals surface area contributed by atoms with Crippen LogP contribution in [0.5, 0.6) is 0 Å². The molecule has 3 heterocycles. The zero-order chi connectivity index (χ0) is 22.3. The molecule has 0 unspecified atom stereocenters. The summed E-state index contributed by atoms with van der Waals surface area (Å²) in [5.41, 5.74) is -1.41. The van der Waals surface area contributed by atoms with Gasteiger partial charge in [-0.1, -0.05) is 29.3 Å². The molecule has 0 atom stereocenters. The average molecular weight is 470 g/mol. The number of fused-ring (bicyclic) bond motifs is 1. The van der Waals surface area contributed by atoms with Gasteiger partial charge in [0.2, 0.25) is 11.8 Å². The molecule has 1 amide bonds. The number of alkyl halides is 3. The van der Waals surface area contributed by atoms with Crippen LogP contribution in [0.15, 0.2) is 40.9 Å². The Bertz CT molecular complexity index is 1280. The Morgan fingerprint density at radius 1 is 1.16 bits per heavy atom. The molecule has 4 aromatic rings. The molecule has 0 fully saturated rings. The molecular formula is C19H12Cl2F3N5O2. The van der Waals surface area contributed by atoms with Crippen molar-refractivity contribution < 1.29 is 22.4 Å². The molecule has 4 rings (SSSR count). The molecule has 0 bridgehead atoms. The maximum atomic E-state index is 13.7. The molecule has 7 nitrogen and oxygen atoms in total. The molecule has 0 saturated carbocycles. The van der Waals surface area contributed by atoms with Crippen molar-refractivity contribution in [2.45, 2.75) is 19.5 Å². The van der Waals surface area contributed by atoms with E-state index in [2.05, 4.69) is 20.5 Å². The molecule has 12 heteroatoms. The van der Waals surface area contributed by atoms with Crippen LogP contribution in [0.2, 0.25) is 10.0 Å². The highest BCUT2D eigenvalue weighted by Crippen LogP contribution is 2.35. The summed E-state index contributed by atoms with van der Waals surface area (Å²) in [7, 11) is 0. The first-order valence-electron chi connectivity index (χ1n) is 8.76. The summed E-state index contributed by atoms with van der Waals surface area (Å²) in [4.78, 5) is 16.5. The highest BCUT2D eigenvalue weighted by atomic mass is 35.5. The van der Waals surface area contributed by atoms with Crippen LogP contribution in [0.25, 0.3) is 5.65 Å². The Morgan fingerprint density at radius 2 is 1.87 bits per heavy atom. The number of pyridine rings is 1. The summed E-state index contributed by atoms with van der Waals surface area (Å²) in [6.45, 7) is 1.53. The average Bonchev–Trinajstić information content (AvgIpc) is 3.26. The van der Waals surface area contributed by atoms with Crippen LogP contribution in [0.3, 0.4) is 0 Å². The molecule has 0 aliphatic carbocycles. The van der Waals surface area contributed by atoms with Gasteiger partial charge in [0.05, 0.1) is 33.4 Å². The monoisotopic (exact) mass is 469 g/mol. The van der Waals surface area contributed by atoms with E-state index in [0.717, 1.165) is 0 Å². The van der Waals surface area contributed by atoms with Gasteiger partial charge in [-0.3, -0.25) is 4.79 Å². The number of amides is 1. The van der Waals surface area contributed by atoms with Gasteiger partial charge in [0.1, 0.15) is 0 Å². The molecular weight excluding hydrogens is 458 g/mol. The van der Waals surface area contributed by atoms with Gasteiger partial charge in [0, 0.05) is 13.1 Å². The summed E-state index contributed by atoms with van der Waals surface area (Å²) < 4.78 is 47.5. The number of anilines is 1. The van der Waals surface area contributed by atoms with Crippen LogP contribution >= 0.6 is 23.2 Å². The van der Waals surface area contributed by atoms with Gasteiger partial charge in [-0.15, -0.1) is 10.2 Å². The van der Waals surface area contributed by atoms with Crippen molar-refractivity contribution in [2.75, 3.05) is 5.32 Å². The lowest BCUT2D eigenvalue weighted by Gasteiger charge is -2.10. The Morgan fingerprint density at radius 3 is 2.48 bits per heavy atom. The fraction of sp³-hybridized carbons (Fsp3) is 0.158. The SMILES string of the molecule is Cc1nnc(Cc2c(C(F)(F)F)nc3c(NC(=O)c4c(Cl)cccc4Cl)cccn23)o1. The normalized spacial score (nSPS) is 11.8. The van der Waals surface area contributed by atoms with E-state index in [-0.39, 0.29) is 50.8 Å². The maximum Gasteiger partial charge on any atom is 0.435 e. The number of nitrogens with one attached hydrogen (secondary N) is 1. The number of aryl methyl sites for hydroxylation is 1. The van der Waals surface area contributed by atoms with Crippen molar-refractivity contribution in [1.29, 1.82) is 0 Å². The lowest BCUT2D eigenvalue weighted by Crippen LogP contribution is -2.14. The number of carbonyl (C=O) groups is 1. The van der Waals surface area contributed by atoms with E-state index in [9.17, 15) is 18.0 Å². The van der Waals surface area contributed by atoms with Gasteiger partial charge >= 0.3 is 6.18 Å². The Kier molecular flexibility index (Phi) is 5.36. The van der Waals surface area contributed by atoms with Crippen molar-refractivity contribution in [1.82, 2.24) is 19.6 Å². The second-order valence-corrected chi connectivity index (χ2v) is 7.28. The maximum absolute atomic E-state index is 13.7. The Hall–Kier alpha value is -3.11. The minimum Gasteiger partial charge on any atom is -0.425 e. The lowest BCUT2D eigenvalue weighted by atomic mass is 10.2. The first kappa shape index (κ1) is 21.1. The van der Waals surface area contributed by atoms with Gasteiger partial charge in [0.15, 0.2) is 11.3 Å². The highest BCUT2D eigenvalue weighted by molar-refractivity contribution is 6.40. The van der Waals surface area contributed by atoms with Crippen molar-refractivity contribution in [3.8, 4) is 0 Å². The second kappa shape index (κ2) is 7.86. The largest absolute Gasteiger partial charge is 0.435 e. The first-order valence-corrected chi connectivity index (χ1v) is 9.52. The molecule has 160 valence electrons. The number of imidazole rings is 1. The van der Waals surface area contributed by atoms with Crippen molar-refractivity contribution in [2.24, 2.45) is 0 Å². The van der Waals surface area contributed by atoms with E-state index < -0.39 is 17.8 Å². The standard InChI is InChI=1S/C19H12Cl2F3N5O2/c1-9-27-28-14(31-9)8-13-16(19(22,23)24)26-17-12(6-3-7-29(13)17)25-18(30)15-10(20)4-2-5-11(15)21/h2-7H,8H2,1H3,(H,25,30). The third-order valence-corrected chi connectivity index (χ3v) is 4.97. The van der Waals surface area contributed by atoms with E-state index in [1.807, 2.05) is 0 Å². The summed E-state index contributed by atoms with van der Waals surface area (Å²) >= 11 is 12.1. The third kappa shape index (κ3) is 4.08. The molecule has 31 heavy (non-hydrogen) atoms. The van der Waals surface area contributed by atoms with Gasteiger partial charge in [-0.2, -0.15) is 13.2 Å². The molecule has 0 radical (unpaired) electrons. The fourth-order valence-corrected chi connectivity index (χ4v) is 3.63. The molecule has 1 N–H and O–H groups in total. The number of nitrogens with zero attached hydrogens (tertiary/aromatic N) is 4. The number of aromatic nitrogens is 4. The summed E-state index contributed by atoms with van der Waals surface area (Å²) in [6.07, 6.45) is -3.65.